The fourth-order valence-corrected chi connectivity index (χ4v) is 2.04. The number of aromatic amines is 1. The lowest BCUT2D eigenvalue weighted by Crippen LogP contribution is -2.00. The Hall–Kier alpha value is -1.95. The molecule has 0 saturated carbocycles. The van der Waals surface area contributed by atoms with Crippen LogP contribution in [0.15, 0.2) is 41.4 Å². The van der Waals surface area contributed by atoms with E-state index >= 15 is 0 Å². The third-order valence-corrected chi connectivity index (χ3v) is 3.02. The van der Waals surface area contributed by atoms with E-state index in [1.807, 2.05) is 18.3 Å². The van der Waals surface area contributed by atoms with Crippen LogP contribution in [0.1, 0.15) is 5.56 Å². The second-order valence-corrected chi connectivity index (χ2v) is 4.76. The first-order valence-electron chi connectivity index (χ1n) is 5.45. The molecular weight excluding hydrogens is 294 g/mol. The molecule has 2 N–H and O–H groups in total. The van der Waals surface area contributed by atoms with Crippen molar-refractivity contribution < 1.29 is 0 Å². The fraction of sp³-hybridized carbons (Fsp3) is 0.0833. The number of nitrogens with zero attached hydrogens (tertiary/aromatic N) is 3. The average molecular weight is 304 g/mol. The van der Waals surface area contributed by atoms with Crippen LogP contribution in [0.4, 0.5) is 5.69 Å². The first-order valence-corrected chi connectivity index (χ1v) is 6.24. The molecule has 3 aromatic heterocycles. The number of fused-ring (bicyclic) bond motifs is 1. The number of hydrogen-bond donors (Lipinski definition) is 2. The fourth-order valence-electron chi connectivity index (χ4n) is 1.72. The zero-order valence-electron chi connectivity index (χ0n) is 9.39. The summed E-state index contributed by atoms with van der Waals surface area (Å²) in [7, 11) is 0. The highest BCUT2D eigenvalue weighted by molar-refractivity contribution is 9.10. The van der Waals surface area contributed by atoms with E-state index in [9.17, 15) is 0 Å². The highest BCUT2D eigenvalue weighted by Crippen LogP contribution is 2.22. The molecule has 0 radical (unpaired) electrons. The third kappa shape index (κ3) is 2.19. The molecule has 90 valence electrons. The molecule has 0 aliphatic heterocycles. The van der Waals surface area contributed by atoms with Gasteiger partial charge >= 0.3 is 0 Å². The number of nitrogens with one attached hydrogen (secondary N) is 2. The van der Waals surface area contributed by atoms with Gasteiger partial charge in [-0.1, -0.05) is 0 Å². The molecule has 0 atom stereocenters. The van der Waals surface area contributed by atoms with Crippen molar-refractivity contribution in [3.63, 3.8) is 0 Å². The van der Waals surface area contributed by atoms with Crippen molar-refractivity contribution in [1.29, 1.82) is 0 Å². The predicted octanol–water partition coefficient (Wildman–Crippen LogP) is 2.73. The van der Waals surface area contributed by atoms with Crippen LogP contribution in [0.25, 0.3) is 11.0 Å². The number of halogens is 1. The van der Waals surface area contributed by atoms with E-state index in [1.165, 1.54) is 0 Å². The quantitative estimate of drug-likeness (QED) is 0.781. The molecule has 0 saturated heterocycles. The van der Waals surface area contributed by atoms with Crippen molar-refractivity contribution in [3.8, 4) is 0 Å². The van der Waals surface area contributed by atoms with Gasteiger partial charge in [0.25, 0.3) is 0 Å². The SMILES string of the molecule is Brc1cnc2c(NCc3cn[nH]c3)ccnc2c1. The monoisotopic (exact) mass is 303 g/mol. The van der Waals surface area contributed by atoms with Gasteiger partial charge < -0.3 is 5.32 Å². The minimum atomic E-state index is 0.702. The average Bonchev–Trinajstić information content (AvgIpc) is 2.89. The minimum absolute atomic E-state index is 0.702. The molecule has 3 aromatic rings. The number of anilines is 1. The number of pyridine rings is 2. The number of hydrogen-bond acceptors (Lipinski definition) is 4. The summed E-state index contributed by atoms with van der Waals surface area (Å²) in [6.07, 6.45) is 7.20. The Bertz CT molecular complexity index is 665. The lowest BCUT2D eigenvalue weighted by atomic mass is 10.2. The van der Waals surface area contributed by atoms with Crippen LogP contribution in [0.3, 0.4) is 0 Å². The van der Waals surface area contributed by atoms with Gasteiger partial charge in [0.2, 0.25) is 0 Å². The predicted molar refractivity (Wildman–Crippen MR) is 73.2 cm³/mol. The Morgan fingerprint density at radius 3 is 3.06 bits per heavy atom. The van der Waals surface area contributed by atoms with Gasteiger partial charge in [-0.3, -0.25) is 15.1 Å². The van der Waals surface area contributed by atoms with Gasteiger partial charge in [-0.05, 0) is 28.1 Å². The highest BCUT2D eigenvalue weighted by atomic mass is 79.9. The van der Waals surface area contributed by atoms with Crippen LogP contribution in [0.2, 0.25) is 0 Å². The van der Waals surface area contributed by atoms with E-state index in [2.05, 4.69) is 41.4 Å². The van der Waals surface area contributed by atoms with Crippen molar-refractivity contribution in [3.05, 3.63) is 47.0 Å². The van der Waals surface area contributed by atoms with E-state index in [1.54, 1.807) is 18.6 Å². The lowest BCUT2D eigenvalue weighted by molar-refractivity contribution is 1.09. The van der Waals surface area contributed by atoms with Crippen molar-refractivity contribution in [1.82, 2.24) is 20.2 Å². The van der Waals surface area contributed by atoms with Crippen molar-refractivity contribution in [2.45, 2.75) is 6.54 Å². The summed E-state index contributed by atoms with van der Waals surface area (Å²) in [5.41, 5.74) is 3.79. The molecule has 18 heavy (non-hydrogen) atoms. The van der Waals surface area contributed by atoms with Crippen LogP contribution in [-0.2, 0) is 6.54 Å². The lowest BCUT2D eigenvalue weighted by Gasteiger charge is -2.07. The zero-order chi connectivity index (χ0) is 12.4. The molecule has 0 aromatic carbocycles. The topological polar surface area (TPSA) is 66.5 Å². The summed E-state index contributed by atoms with van der Waals surface area (Å²) < 4.78 is 0.925. The van der Waals surface area contributed by atoms with Gasteiger partial charge in [0.1, 0.15) is 5.52 Å². The van der Waals surface area contributed by atoms with Crippen LogP contribution >= 0.6 is 15.9 Å². The molecule has 0 unspecified atom stereocenters. The van der Waals surface area contributed by atoms with E-state index in [0.717, 1.165) is 26.8 Å². The van der Waals surface area contributed by atoms with Gasteiger partial charge in [-0.25, -0.2) is 0 Å². The van der Waals surface area contributed by atoms with Gasteiger partial charge in [0, 0.05) is 35.2 Å². The maximum absolute atomic E-state index is 4.39. The third-order valence-electron chi connectivity index (χ3n) is 2.58. The first-order chi connectivity index (χ1) is 8.83. The van der Waals surface area contributed by atoms with E-state index in [0.29, 0.717) is 6.54 Å². The maximum atomic E-state index is 4.39. The summed E-state index contributed by atoms with van der Waals surface area (Å²) in [4.78, 5) is 8.68. The van der Waals surface area contributed by atoms with Crippen LogP contribution in [0.5, 0.6) is 0 Å². The largest absolute Gasteiger partial charge is 0.379 e. The normalized spacial score (nSPS) is 10.7. The molecule has 5 nitrogen and oxygen atoms in total. The molecular formula is C12H10BrN5. The smallest absolute Gasteiger partial charge is 0.112 e. The summed E-state index contributed by atoms with van der Waals surface area (Å²) in [5, 5.41) is 10.0. The first kappa shape index (κ1) is 11.2. The van der Waals surface area contributed by atoms with Gasteiger partial charge in [0.15, 0.2) is 0 Å². The zero-order valence-corrected chi connectivity index (χ0v) is 11.0. The Labute approximate surface area is 112 Å². The number of rotatable bonds is 3. The van der Waals surface area contributed by atoms with Crippen LogP contribution in [-0.4, -0.2) is 20.2 Å². The standard InChI is InChI=1S/C12H10BrN5/c13-9-3-11-12(16-7-9)10(1-2-14-11)15-4-8-5-17-18-6-8/h1-3,5-7H,4H2,(H,14,15)(H,17,18). The van der Waals surface area contributed by atoms with Crippen molar-refractivity contribution >= 4 is 32.7 Å². The van der Waals surface area contributed by atoms with Gasteiger partial charge in [0.05, 0.1) is 17.4 Å². The Morgan fingerprint density at radius 1 is 1.28 bits per heavy atom. The molecule has 0 spiro atoms. The molecule has 3 heterocycles. The van der Waals surface area contributed by atoms with Crippen molar-refractivity contribution in [2.24, 2.45) is 0 Å². The van der Waals surface area contributed by atoms with Gasteiger partial charge in [-0.15, -0.1) is 0 Å². The summed E-state index contributed by atoms with van der Waals surface area (Å²) in [6, 6.07) is 3.87. The molecule has 0 amide bonds. The van der Waals surface area contributed by atoms with Gasteiger partial charge in [-0.2, -0.15) is 5.10 Å². The van der Waals surface area contributed by atoms with E-state index in [-0.39, 0.29) is 0 Å². The summed E-state index contributed by atoms with van der Waals surface area (Å²) in [6.45, 7) is 0.702. The molecule has 6 heteroatoms. The van der Waals surface area contributed by atoms with Crippen LogP contribution < -0.4 is 5.32 Å². The van der Waals surface area contributed by atoms with Crippen molar-refractivity contribution in [2.75, 3.05) is 5.32 Å². The summed E-state index contributed by atoms with van der Waals surface area (Å²) >= 11 is 3.39. The maximum Gasteiger partial charge on any atom is 0.112 e. The Balaban J connectivity index is 1.92. The summed E-state index contributed by atoms with van der Waals surface area (Å²) in [5.74, 6) is 0. The second-order valence-electron chi connectivity index (χ2n) is 3.84. The molecule has 0 aliphatic rings. The Kier molecular flexibility index (Phi) is 2.93. The highest BCUT2D eigenvalue weighted by Gasteiger charge is 2.04. The molecule has 0 bridgehead atoms. The minimum Gasteiger partial charge on any atom is -0.379 e. The molecule has 0 aliphatic carbocycles. The number of H-pyrrole nitrogens is 1. The van der Waals surface area contributed by atoms with E-state index in [4.69, 9.17) is 0 Å². The van der Waals surface area contributed by atoms with E-state index < -0.39 is 0 Å². The molecule has 3 rings (SSSR count). The second kappa shape index (κ2) is 4.73. The van der Waals surface area contributed by atoms with Crippen LogP contribution in [0, 0.1) is 0 Å². The molecule has 0 fully saturated rings. The number of aromatic nitrogens is 4. The Morgan fingerprint density at radius 2 is 2.22 bits per heavy atom.